The minimum atomic E-state index is -0.0175. The Balaban J connectivity index is 1.32. The molecule has 3 aromatic rings. The van der Waals surface area contributed by atoms with Crippen LogP contribution >= 0.6 is 11.6 Å². The molecule has 2 heterocycles. The number of hydrogen-bond acceptors (Lipinski definition) is 5. The highest BCUT2D eigenvalue weighted by Gasteiger charge is 2.27. The quantitative estimate of drug-likeness (QED) is 0.686. The van der Waals surface area contributed by atoms with E-state index in [1.807, 2.05) is 30.3 Å². The number of oxazole rings is 1. The molecule has 0 atom stereocenters. The fraction of sp³-hybridized carbons (Fsp3) is 0.333. The molecule has 1 aromatic heterocycles. The Hall–Kier alpha value is -2.57. The first-order valence-electron chi connectivity index (χ1n) is 9.40. The van der Waals surface area contributed by atoms with Crippen molar-refractivity contribution in [1.29, 1.82) is 0 Å². The number of nitrogens with zero attached hydrogens (tertiary/aromatic N) is 2. The maximum absolute atomic E-state index is 12.5. The molecule has 1 aliphatic heterocycles. The second kappa shape index (κ2) is 8.20. The van der Waals surface area contributed by atoms with E-state index in [2.05, 4.69) is 15.2 Å². The summed E-state index contributed by atoms with van der Waals surface area (Å²) in [5.74, 6) is 0.0505. The average Bonchev–Trinajstić information content (AvgIpc) is 3.15. The monoisotopic (exact) mass is 399 g/mol. The minimum absolute atomic E-state index is 0.00226. The van der Waals surface area contributed by atoms with Crippen molar-refractivity contribution in [3.05, 3.63) is 58.6 Å². The van der Waals surface area contributed by atoms with Gasteiger partial charge in [0.15, 0.2) is 5.58 Å². The second-order valence-corrected chi connectivity index (χ2v) is 7.50. The van der Waals surface area contributed by atoms with Crippen LogP contribution in [-0.2, 0) is 17.9 Å². The fourth-order valence-electron chi connectivity index (χ4n) is 3.53. The topological polar surface area (TPSA) is 78.6 Å². The number of carbonyl (C=O) groups excluding carboxylic acids is 1. The fourth-order valence-corrected chi connectivity index (χ4v) is 3.69. The molecule has 146 valence electrons. The molecule has 0 aliphatic carbocycles. The van der Waals surface area contributed by atoms with Gasteiger partial charge in [-0.05, 0) is 36.1 Å². The van der Waals surface area contributed by atoms with Crippen molar-refractivity contribution in [2.45, 2.75) is 26.0 Å². The number of piperidine rings is 1. The van der Waals surface area contributed by atoms with Gasteiger partial charge in [-0.2, -0.15) is 4.98 Å². The van der Waals surface area contributed by atoms with Gasteiger partial charge < -0.3 is 19.7 Å². The van der Waals surface area contributed by atoms with Crippen LogP contribution < -0.4 is 10.2 Å². The first kappa shape index (κ1) is 18.8. The van der Waals surface area contributed by atoms with E-state index in [9.17, 15) is 9.90 Å². The van der Waals surface area contributed by atoms with Crippen molar-refractivity contribution in [3.8, 4) is 0 Å². The van der Waals surface area contributed by atoms with Crippen LogP contribution in [0.25, 0.3) is 11.1 Å². The lowest BCUT2D eigenvalue weighted by atomic mass is 9.96. The van der Waals surface area contributed by atoms with Gasteiger partial charge >= 0.3 is 0 Å². The van der Waals surface area contributed by atoms with Gasteiger partial charge in [-0.3, -0.25) is 4.79 Å². The Kier molecular flexibility index (Phi) is 5.50. The van der Waals surface area contributed by atoms with Crippen LogP contribution in [0.1, 0.15) is 24.0 Å². The molecule has 0 unspecified atom stereocenters. The molecular weight excluding hydrogens is 378 g/mol. The lowest BCUT2D eigenvalue weighted by Gasteiger charge is -2.30. The molecule has 0 saturated carbocycles. The molecule has 6 nitrogen and oxygen atoms in total. The number of aromatic nitrogens is 1. The number of aliphatic hydroxyl groups excluding tert-OH is 1. The molecule has 1 aliphatic rings. The number of halogens is 1. The third-order valence-electron chi connectivity index (χ3n) is 5.12. The normalized spacial score (nSPS) is 15.1. The lowest BCUT2D eigenvalue weighted by molar-refractivity contribution is -0.125. The van der Waals surface area contributed by atoms with Gasteiger partial charge in [0.1, 0.15) is 5.52 Å². The summed E-state index contributed by atoms with van der Waals surface area (Å²) < 4.78 is 5.82. The van der Waals surface area contributed by atoms with Crippen molar-refractivity contribution in [3.63, 3.8) is 0 Å². The molecule has 0 radical (unpaired) electrons. The predicted octanol–water partition coefficient (Wildman–Crippen LogP) is 3.51. The third kappa shape index (κ3) is 4.13. The average molecular weight is 400 g/mol. The maximum atomic E-state index is 12.5. The summed E-state index contributed by atoms with van der Waals surface area (Å²) in [5.41, 5.74) is 3.29. The number of amides is 1. The van der Waals surface area contributed by atoms with Gasteiger partial charge in [0.2, 0.25) is 5.91 Å². The zero-order valence-corrected chi connectivity index (χ0v) is 16.2. The SMILES string of the molecule is O=C(NCc1cccc(CO)c1)C1CCN(c2nc3ccc(Cl)cc3o2)CC1. The van der Waals surface area contributed by atoms with Crippen LogP contribution in [0.2, 0.25) is 5.02 Å². The highest BCUT2D eigenvalue weighted by molar-refractivity contribution is 6.31. The summed E-state index contributed by atoms with van der Waals surface area (Å²) >= 11 is 6.00. The molecule has 2 N–H and O–H groups in total. The van der Waals surface area contributed by atoms with Gasteiger partial charge in [0, 0.05) is 36.6 Å². The molecular formula is C21H22ClN3O3. The molecule has 7 heteroatoms. The second-order valence-electron chi connectivity index (χ2n) is 7.07. The first-order valence-corrected chi connectivity index (χ1v) is 9.77. The molecule has 1 fully saturated rings. The van der Waals surface area contributed by atoms with Crippen molar-refractivity contribution in [1.82, 2.24) is 10.3 Å². The van der Waals surface area contributed by atoms with Crippen LogP contribution in [-0.4, -0.2) is 29.1 Å². The standard InChI is InChI=1S/C21H22ClN3O3/c22-17-4-5-18-19(11-17)28-21(24-18)25-8-6-16(7-9-25)20(27)23-12-14-2-1-3-15(10-14)13-26/h1-5,10-11,16,26H,6-9,12-13H2,(H,23,27). The molecule has 1 saturated heterocycles. The van der Waals surface area contributed by atoms with Gasteiger partial charge in [-0.1, -0.05) is 35.9 Å². The van der Waals surface area contributed by atoms with E-state index in [1.54, 1.807) is 12.1 Å². The molecule has 2 aromatic carbocycles. The van der Waals surface area contributed by atoms with Crippen LogP contribution in [0.5, 0.6) is 0 Å². The van der Waals surface area contributed by atoms with Gasteiger partial charge in [0.05, 0.1) is 6.61 Å². The Morgan fingerprint density at radius 3 is 2.79 bits per heavy atom. The first-order chi connectivity index (χ1) is 13.6. The Morgan fingerprint density at radius 1 is 1.21 bits per heavy atom. The summed E-state index contributed by atoms with van der Waals surface area (Å²) in [6, 6.07) is 13.6. The molecule has 4 rings (SSSR count). The van der Waals surface area contributed by atoms with Crippen molar-refractivity contribution in [2.24, 2.45) is 5.92 Å². The molecule has 0 bridgehead atoms. The van der Waals surface area contributed by atoms with Crippen LogP contribution in [0, 0.1) is 5.92 Å². The molecule has 0 spiro atoms. The summed E-state index contributed by atoms with van der Waals surface area (Å²) in [7, 11) is 0. The Morgan fingerprint density at radius 2 is 2.00 bits per heavy atom. The predicted molar refractivity (Wildman–Crippen MR) is 108 cm³/mol. The highest BCUT2D eigenvalue weighted by Crippen LogP contribution is 2.28. The largest absolute Gasteiger partial charge is 0.423 e. The number of aliphatic hydroxyl groups is 1. The molecule has 28 heavy (non-hydrogen) atoms. The number of benzene rings is 2. The van der Waals surface area contributed by atoms with Gasteiger partial charge in [-0.15, -0.1) is 0 Å². The lowest BCUT2D eigenvalue weighted by Crippen LogP contribution is -2.40. The number of rotatable bonds is 5. The van der Waals surface area contributed by atoms with Crippen LogP contribution in [0.3, 0.4) is 0 Å². The van der Waals surface area contributed by atoms with E-state index in [1.165, 1.54) is 0 Å². The number of carbonyl (C=O) groups is 1. The molecule has 1 amide bonds. The number of nitrogens with one attached hydrogen (secondary N) is 1. The zero-order valence-electron chi connectivity index (χ0n) is 15.4. The van der Waals surface area contributed by atoms with Crippen molar-refractivity contribution >= 4 is 34.6 Å². The Labute approximate surface area is 168 Å². The van der Waals surface area contributed by atoms with E-state index >= 15 is 0 Å². The summed E-state index contributed by atoms with van der Waals surface area (Å²) in [6.07, 6.45) is 1.50. The number of fused-ring (bicyclic) bond motifs is 1. The van der Waals surface area contributed by atoms with E-state index < -0.39 is 0 Å². The smallest absolute Gasteiger partial charge is 0.298 e. The third-order valence-corrected chi connectivity index (χ3v) is 5.35. The minimum Gasteiger partial charge on any atom is -0.423 e. The van der Waals surface area contributed by atoms with E-state index in [-0.39, 0.29) is 18.4 Å². The number of hydrogen-bond donors (Lipinski definition) is 2. The van der Waals surface area contributed by atoms with Crippen molar-refractivity contribution < 1.29 is 14.3 Å². The van der Waals surface area contributed by atoms with Crippen LogP contribution in [0.4, 0.5) is 6.01 Å². The Bertz CT molecular complexity index is 980. The van der Waals surface area contributed by atoms with Crippen molar-refractivity contribution in [2.75, 3.05) is 18.0 Å². The van der Waals surface area contributed by atoms with Gasteiger partial charge in [-0.25, -0.2) is 0 Å². The maximum Gasteiger partial charge on any atom is 0.298 e. The van der Waals surface area contributed by atoms with E-state index in [4.69, 9.17) is 16.0 Å². The van der Waals surface area contributed by atoms with Gasteiger partial charge in [0.25, 0.3) is 6.01 Å². The highest BCUT2D eigenvalue weighted by atomic mass is 35.5. The summed E-state index contributed by atoms with van der Waals surface area (Å²) in [6.45, 7) is 1.92. The zero-order chi connectivity index (χ0) is 19.5. The van der Waals surface area contributed by atoms with E-state index in [0.717, 1.165) is 42.6 Å². The summed E-state index contributed by atoms with van der Waals surface area (Å²) in [4.78, 5) is 19.1. The summed E-state index contributed by atoms with van der Waals surface area (Å²) in [5, 5.41) is 12.8. The van der Waals surface area contributed by atoms with E-state index in [0.29, 0.717) is 23.2 Å². The number of anilines is 1. The van der Waals surface area contributed by atoms with Crippen LogP contribution in [0.15, 0.2) is 46.9 Å².